The third-order valence-electron chi connectivity index (χ3n) is 4.35. The first-order valence-corrected chi connectivity index (χ1v) is 9.96. The van der Waals surface area contributed by atoms with Gasteiger partial charge >= 0.3 is 0 Å². The van der Waals surface area contributed by atoms with Crippen molar-refractivity contribution in [1.82, 2.24) is 10.2 Å². The van der Waals surface area contributed by atoms with Crippen LogP contribution in [0.25, 0.3) is 0 Å². The molecular weight excluding hydrogens is 368 g/mol. The molecule has 3 rings (SSSR count). The van der Waals surface area contributed by atoms with Gasteiger partial charge < -0.3 is 13.9 Å². The van der Waals surface area contributed by atoms with E-state index in [4.69, 9.17) is 13.9 Å². The van der Waals surface area contributed by atoms with E-state index in [1.165, 1.54) is 0 Å². The first kappa shape index (κ1) is 20.7. The molecule has 6 nitrogen and oxygen atoms in total. The molecule has 6 heteroatoms. The van der Waals surface area contributed by atoms with Gasteiger partial charge in [0, 0.05) is 6.42 Å². The molecule has 152 valence electrons. The Labute approximate surface area is 170 Å². The minimum atomic E-state index is -0.118. The van der Waals surface area contributed by atoms with E-state index in [0.717, 1.165) is 37.0 Å². The molecule has 3 aromatic rings. The van der Waals surface area contributed by atoms with E-state index in [-0.39, 0.29) is 18.3 Å². The lowest BCUT2D eigenvalue weighted by molar-refractivity contribution is 0.0847. The molecule has 0 saturated heterocycles. The number of aromatic nitrogens is 2. The van der Waals surface area contributed by atoms with E-state index in [0.29, 0.717) is 25.5 Å². The SMILES string of the molecule is O=C(CCCCCCOc1ccccc1)c1nnc(COCc2ccccc2)o1. The van der Waals surface area contributed by atoms with E-state index >= 15 is 0 Å². The van der Waals surface area contributed by atoms with Gasteiger partial charge in [-0.3, -0.25) is 4.79 Å². The van der Waals surface area contributed by atoms with Crippen molar-refractivity contribution in [2.24, 2.45) is 0 Å². The predicted molar refractivity (Wildman–Crippen MR) is 109 cm³/mol. The quantitative estimate of drug-likeness (QED) is 0.300. The van der Waals surface area contributed by atoms with Crippen LogP contribution < -0.4 is 4.74 Å². The minimum Gasteiger partial charge on any atom is -0.494 e. The molecule has 0 amide bonds. The van der Waals surface area contributed by atoms with Gasteiger partial charge in [-0.15, -0.1) is 10.2 Å². The van der Waals surface area contributed by atoms with Crippen LogP contribution in [-0.2, 0) is 18.0 Å². The first-order valence-electron chi connectivity index (χ1n) is 9.96. The second-order valence-corrected chi connectivity index (χ2v) is 6.73. The Morgan fingerprint density at radius 2 is 1.55 bits per heavy atom. The summed E-state index contributed by atoms with van der Waals surface area (Å²) in [5, 5.41) is 7.72. The van der Waals surface area contributed by atoms with Gasteiger partial charge in [0.25, 0.3) is 5.89 Å². The maximum atomic E-state index is 12.2. The lowest BCUT2D eigenvalue weighted by Gasteiger charge is -2.05. The second-order valence-electron chi connectivity index (χ2n) is 6.73. The van der Waals surface area contributed by atoms with Crippen molar-refractivity contribution in [2.75, 3.05) is 6.61 Å². The molecule has 0 spiro atoms. The van der Waals surface area contributed by atoms with Crippen molar-refractivity contribution in [3.8, 4) is 5.75 Å². The fourth-order valence-corrected chi connectivity index (χ4v) is 2.81. The molecule has 2 aromatic carbocycles. The summed E-state index contributed by atoms with van der Waals surface area (Å²) in [7, 11) is 0. The highest BCUT2D eigenvalue weighted by atomic mass is 16.5. The van der Waals surface area contributed by atoms with Crippen molar-refractivity contribution in [3.05, 3.63) is 78.0 Å². The van der Waals surface area contributed by atoms with Crippen molar-refractivity contribution in [2.45, 2.75) is 45.3 Å². The molecule has 1 aromatic heterocycles. The van der Waals surface area contributed by atoms with Crippen molar-refractivity contribution in [3.63, 3.8) is 0 Å². The standard InChI is InChI=1S/C23H26N2O4/c26-21(15-9-1-2-10-16-28-20-13-7-4-8-14-20)23-25-24-22(29-23)18-27-17-19-11-5-3-6-12-19/h3-8,11-14H,1-2,9-10,15-18H2. The average Bonchev–Trinajstić information content (AvgIpc) is 3.23. The third-order valence-corrected chi connectivity index (χ3v) is 4.35. The Morgan fingerprint density at radius 1 is 0.828 bits per heavy atom. The van der Waals surface area contributed by atoms with Gasteiger partial charge in [-0.2, -0.15) is 0 Å². The fourth-order valence-electron chi connectivity index (χ4n) is 2.81. The number of ketones is 1. The van der Waals surface area contributed by atoms with Crippen LogP contribution in [0, 0.1) is 0 Å². The second kappa shape index (κ2) is 11.8. The monoisotopic (exact) mass is 394 g/mol. The van der Waals surface area contributed by atoms with Gasteiger partial charge in [-0.05, 0) is 30.5 Å². The summed E-state index contributed by atoms with van der Waals surface area (Å²) >= 11 is 0. The van der Waals surface area contributed by atoms with Crippen LogP contribution >= 0.6 is 0 Å². The van der Waals surface area contributed by atoms with E-state index in [9.17, 15) is 4.79 Å². The first-order chi connectivity index (χ1) is 14.3. The van der Waals surface area contributed by atoms with Gasteiger partial charge in [0.15, 0.2) is 0 Å². The van der Waals surface area contributed by atoms with Crippen LogP contribution in [0.3, 0.4) is 0 Å². The number of carbonyl (C=O) groups is 1. The summed E-state index contributed by atoms with van der Waals surface area (Å²) in [6.07, 6.45) is 4.15. The Balaban J connectivity index is 1.26. The molecule has 0 aliphatic carbocycles. The van der Waals surface area contributed by atoms with Crippen molar-refractivity contribution >= 4 is 5.78 Å². The Bertz CT molecular complexity index is 850. The number of benzene rings is 2. The van der Waals surface area contributed by atoms with Crippen LogP contribution in [0.5, 0.6) is 5.75 Å². The number of hydrogen-bond acceptors (Lipinski definition) is 6. The minimum absolute atomic E-state index is 0.0655. The predicted octanol–water partition coefficient (Wildman–Crippen LogP) is 5.00. The molecule has 1 heterocycles. The highest BCUT2D eigenvalue weighted by Gasteiger charge is 2.14. The molecule has 0 atom stereocenters. The summed E-state index contributed by atoms with van der Waals surface area (Å²) in [4.78, 5) is 12.2. The molecule has 0 saturated carbocycles. The number of rotatable bonds is 13. The van der Waals surface area contributed by atoms with Gasteiger partial charge in [-0.1, -0.05) is 61.4 Å². The Kier molecular flexibility index (Phi) is 8.41. The summed E-state index contributed by atoms with van der Waals surface area (Å²) < 4.78 is 16.6. The van der Waals surface area contributed by atoms with Crippen molar-refractivity contribution in [1.29, 1.82) is 0 Å². The Hall–Kier alpha value is -2.99. The van der Waals surface area contributed by atoms with Gasteiger partial charge in [0.05, 0.1) is 13.2 Å². The molecule has 0 radical (unpaired) electrons. The van der Waals surface area contributed by atoms with E-state index in [2.05, 4.69) is 10.2 Å². The molecule has 0 aliphatic heterocycles. The Morgan fingerprint density at radius 3 is 2.34 bits per heavy atom. The molecule has 0 N–H and O–H groups in total. The zero-order valence-electron chi connectivity index (χ0n) is 16.5. The lowest BCUT2D eigenvalue weighted by Crippen LogP contribution is -2.00. The number of ether oxygens (including phenoxy) is 2. The summed E-state index contributed by atoms with van der Waals surface area (Å²) in [6.45, 7) is 1.34. The zero-order chi connectivity index (χ0) is 20.2. The number of unbranched alkanes of at least 4 members (excludes halogenated alkanes) is 3. The maximum absolute atomic E-state index is 12.2. The van der Waals surface area contributed by atoms with Crippen LogP contribution in [0.1, 0.15) is 54.2 Å². The van der Waals surface area contributed by atoms with Gasteiger partial charge in [-0.25, -0.2) is 0 Å². The summed E-state index contributed by atoms with van der Waals surface area (Å²) in [5.41, 5.74) is 1.07. The molecule has 0 aliphatic rings. The third kappa shape index (κ3) is 7.50. The molecule has 0 unspecified atom stereocenters. The smallest absolute Gasteiger partial charge is 0.284 e. The summed E-state index contributed by atoms with van der Waals surface area (Å²) in [5.74, 6) is 1.16. The molecule has 0 bridgehead atoms. The van der Waals surface area contributed by atoms with Gasteiger partial charge in [0.2, 0.25) is 11.7 Å². The van der Waals surface area contributed by atoms with Crippen LogP contribution in [0.15, 0.2) is 65.1 Å². The van der Waals surface area contributed by atoms with E-state index < -0.39 is 0 Å². The molecule has 0 fully saturated rings. The normalized spacial score (nSPS) is 10.8. The van der Waals surface area contributed by atoms with Crippen LogP contribution in [0.4, 0.5) is 0 Å². The van der Waals surface area contributed by atoms with E-state index in [1.54, 1.807) is 0 Å². The van der Waals surface area contributed by atoms with Crippen LogP contribution in [-0.4, -0.2) is 22.6 Å². The maximum Gasteiger partial charge on any atom is 0.284 e. The number of nitrogens with zero attached hydrogens (tertiary/aromatic N) is 2. The van der Waals surface area contributed by atoms with Crippen LogP contribution in [0.2, 0.25) is 0 Å². The number of carbonyl (C=O) groups excluding carboxylic acids is 1. The zero-order valence-corrected chi connectivity index (χ0v) is 16.5. The number of hydrogen-bond donors (Lipinski definition) is 0. The fraction of sp³-hybridized carbons (Fsp3) is 0.348. The summed E-state index contributed by atoms with van der Waals surface area (Å²) in [6, 6.07) is 19.6. The van der Waals surface area contributed by atoms with Gasteiger partial charge in [0.1, 0.15) is 12.4 Å². The van der Waals surface area contributed by atoms with Crippen molar-refractivity contribution < 1.29 is 18.7 Å². The number of Topliss-reactive ketones (excluding diaryl/α,β-unsaturated/α-hetero) is 1. The molecule has 29 heavy (non-hydrogen) atoms. The lowest BCUT2D eigenvalue weighted by atomic mass is 10.1. The topological polar surface area (TPSA) is 74.5 Å². The largest absolute Gasteiger partial charge is 0.494 e. The highest BCUT2D eigenvalue weighted by Crippen LogP contribution is 2.12. The highest BCUT2D eigenvalue weighted by molar-refractivity contribution is 5.91. The molecular formula is C23H26N2O4. The number of para-hydroxylation sites is 1. The van der Waals surface area contributed by atoms with E-state index in [1.807, 2.05) is 60.7 Å². The average molecular weight is 394 g/mol.